The highest BCUT2D eigenvalue weighted by molar-refractivity contribution is 7.91. The van der Waals surface area contributed by atoms with Crippen LogP contribution in [0.5, 0.6) is 0 Å². The third kappa shape index (κ3) is 2.81. The Morgan fingerprint density at radius 1 is 1.15 bits per heavy atom. The first-order valence-electron chi connectivity index (χ1n) is 6.08. The van der Waals surface area contributed by atoms with Crippen molar-refractivity contribution in [1.29, 1.82) is 0 Å². The third-order valence-electron chi connectivity index (χ3n) is 2.89. The van der Waals surface area contributed by atoms with Gasteiger partial charge in [0.2, 0.25) is 5.91 Å². The van der Waals surface area contributed by atoms with Crippen LogP contribution < -0.4 is 5.32 Å². The summed E-state index contributed by atoms with van der Waals surface area (Å²) in [5, 5.41) is 12.7. The van der Waals surface area contributed by atoms with Gasteiger partial charge in [0, 0.05) is 23.4 Å². The Balaban J connectivity index is 2.68. The van der Waals surface area contributed by atoms with Gasteiger partial charge in [-0.15, -0.1) is 0 Å². The van der Waals surface area contributed by atoms with E-state index in [0.717, 1.165) is 0 Å². The third-order valence-corrected chi connectivity index (χ3v) is 4.63. The zero-order chi connectivity index (χ0) is 14.8. The maximum Gasteiger partial charge on any atom is 0.221 e. The number of sulfone groups is 1. The van der Waals surface area contributed by atoms with Gasteiger partial charge in [0.25, 0.3) is 0 Å². The SMILES string of the molecule is CC(=O)Nc1cccc2c(S(=O)(=O)CCO)cccc12. The fourth-order valence-electron chi connectivity index (χ4n) is 2.08. The first-order chi connectivity index (χ1) is 9.45. The van der Waals surface area contributed by atoms with E-state index in [1.165, 1.54) is 13.0 Å². The van der Waals surface area contributed by atoms with Crippen molar-refractivity contribution in [3.63, 3.8) is 0 Å². The van der Waals surface area contributed by atoms with Gasteiger partial charge in [-0.2, -0.15) is 0 Å². The maximum absolute atomic E-state index is 12.1. The van der Waals surface area contributed by atoms with E-state index in [-0.39, 0.29) is 16.6 Å². The van der Waals surface area contributed by atoms with Crippen LogP contribution in [0.4, 0.5) is 5.69 Å². The summed E-state index contributed by atoms with van der Waals surface area (Å²) in [6.45, 7) is 0.968. The van der Waals surface area contributed by atoms with Crippen LogP contribution in [0.25, 0.3) is 10.8 Å². The van der Waals surface area contributed by atoms with Gasteiger partial charge in [-0.1, -0.05) is 24.3 Å². The van der Waals surface area contributed by atoms with E-state index in [1.54, 1.807) is 30.3 Å². The fraction of sp³-hybridized carbons (Fsp3) is 0.214. The number of carbonyl (C=O) groups is 1. The topological polar surface area (TPSA) is 83.5 Å². The van der Waals surface area contributed by atoms with Crippen LogP contribution in [0.15, 0.2) is 41.3 Å². The van der Waals surface area contributed by atoms with E-state index in [0.29, 0.717) is 16.5 Å². The Bertz CT molecular complexity index is 753. The standard InChI is InChI=1S/C14H15NO4S/c1-10(17)15-13-6-2-5-12-11(13)4-3-7-14(12)20(18,19)9-8-16/h2-7,16H,8-9H2,1H3,(H,15,17). The number of benzene rings is 2. The average Bonchev–Trinajstić information content (AvgIpc) is 2.37. The number of nitrogens with one attached hydrogen (secondary N) is 1. The molecule has 106 valence electrons. The Labute approximate surface area is 117 Å². The molecule has 5 nitrogen and oxygen atoms in total. The lowest BCUT2D eigenvalue weighted by molar-refractivity contribution is -0.114. The summed E-state index contributed by atoms with van der Waals surface area (Å²) in [6.07, 6.45) is 0. The Morgan fingerprint density at radius 3 is 2.45 bits per heavy atom. The minimum absolute atomic E-state index is 0.163. The van der Waals surface area contributed by atoms with Crippen molar-refractivity contribution >= 4 is 32.2 Å². The first kappa shape index (κ1) is 14.5. The van der Waals surface area contributed by atoms with Crippen molar-refractivity contribution in [3.8, 4) is 0 Å². The molecule has 0 heterocycles. The number of hydrogen-bond acceptors (Lipinski definition) is 4. The summed E-state index contributed by atoms with van der Waals surface area (Å²) in [7, 11) is -3.54. The number of hydrogen-bond donors (Lipinski definition) is 2. The van der Waals surface area contributed by atoms with Crippen molar-refractivity contribution < 1.29 is 18.3 Å². The highest BCUT2D eigenvalue weighted by Crippen LogP contribution is 2.29. The van der Waals surface area contributed by atoms with Crippen LogP contribution in [0.3, 0.4) is 0 Å². The monoisotopic (exact) mass is 293 g/mol. The van der Waals surface area contributed by atoms with Gasteiger partial charge < -0.3 is 10.4 Å². The smallest absolute Gasteiger partial charge is 0.221 e. The molecule has 0 spiro atoms. The molecule has 0 saturated heterocycles. The largest absolute Gasteiger partial charge is 0.395 e. The lowest BCUT2D eigenvalue weighted by atomic mass is 10.1. The highest BCUT2D eigenvalue weighted by Gasteiger charge is 2.17. The number of aliphatic hydroxyl groups is 1. The molecule has 0 aliphatic heterocycles. The van der Waals surface area contributed by atoms with Gasteiger partial charge in [-0.3, -0.25) is 4.79 Å². The molecule has 2 aromatic carbocycles. The van der Waals surface area contributed by atoms with Crippen molar-refractivity contribution in [2.24, 2.45) is 0 Å². The molecule has 1 amide bonds. The van der Waals surface area contributed by atoms with Gasteiger partial charge in [0.05, 0.1) is 17.3 Å². The van der Waals surface area contributed by atoms with Crippen LogP contribution in [0.2, 0.25) is 0 Å². The maximum atomic E-state index is 12.1. The second-order valence-electron chi connectivity index (χ2n) is 4.38. The van der Waals surface area contributed by atoms with E-state index in [1.807, 2.05) is 0 Å². The summed E-state index contributed by atoms with van der Waals surface area (Å²) >= 11 is 0. The summed E-state index contributed by atoms with van der Waals surface area (Å²) in [5.74, 6) is -0.544. The predicted octanol–water partition coefficient (Wildman–Crippen LogP) is 1.56. The fourth-order valence-corrected chi connectivity index (χ4v) is 3.34. The van der Waals surface area contributed by atoms with E-state index < -0.39 is 16.4 Å². The number of amides is 1. The van der Waals surface area contributed by atoms with Gasteiger partial charge >= 0.3 is 0 Å². The van der Waals surface area contributed by atoms with Crippen LogP contribution >= 0.6 is 0 Å². The summed E-state index contributed by atoms with van der Waals surface area (Å²) < 4.78 is 24.3. The molecule has 6 heteroatoms. The van der Waals surface area contributed by atoms with Crippen LogP contribution in [-0.2, 0) is 14.6 Å². The number of carbonyl (C=O) groups excluding carboxylic acids is 1. The predicted molar refractivity (Wildman–Crippen MR) is 77.4 cm³/mol. The van der Waals surface area contributed by atoms with Crippen LogP contribution in [0, 0.1) is 0 Å². The van der Waals surface area contributed by atoms with E-state index in [4.69, 9.17) is 5.11 Å². The summed E-state index contributed by atoms with van der Waals surface area (Å²) in [4.78, 5) is 11.3. The molecule has 0 aromatic heterocycles. The summed E-state index contributed by atoms with van der Waals surface area (Å²) in [6, 6.07) is 9.96. The van der Waals surface area contributed by atoms with E-state index in [2.05, 4.69) is 5.32 Å². The molecule has 2 aromatic rings. The molecule has 0 aliphatic rings. The van der Waals surface area contributed by atoms with Gasteiger partial charge in [0.1, 0.15) is 0 Å². The molecule has 0 atom stereocenters. The second kappa shape index (κ2) is 5.60. The zero-order valence-corrected chi connectivity index (χ0v) is 11.8. The molecule has 0 fully saturated rings. The molecule has 0 bridgehead atoms. The van der Waals surface area contributed by atoms with Crippen molar-refractivity contribution in [1.82, 2.24) is 0 Å². The van der Waals surface area contributed by atoms with E-state index >= 15 is 0 Å². The molecule has 0 saturated carbocycles. The second-order valence-corrected chi connectivity index (χ2v) is 6.46. The highest BCUT2D eigenvalue weighted by atomic mass is 32.2. The van der Waals surface area contributed by atoms with Crippen molar-refractivity contribution in [2.75, 3.05) is 17.7 Å². The molecule has 0 radical (unpaired) electrons. The van der Waals surface area contributed by atoms with Crippen LogP contribution in [-0.4, -0.2) is 31.8 Å². The Morgan fingerprint density at radius 2 is 1.80 bits per heavy atom. The number of rotatable bonds is 4. The number of anilines is 1. The molecule has 0 aliphatic carbocycles. The molecule has 2 N–H and O–H groups in total. The minimum Gasteiger partial charge on any atom is -0.395 e. The normalized spacial score (nSPS) is 11.5. The zero-order valence-electron chi connectivity index (χ0n) is 11.0. The Kier molecular flexibility index (Phi) is 4.06. The van der Waals surface area contributed by atoms with Crippen LogP contribution in [0.1, 0.15) is 6.92 Å². The average molecular weight is 293 g/mol. The lowest BCUT2D eigenvalue weighted by Gasteiger charge is -2.11. The first-order valence-corrected chi connectivity index (χ1v) is 7.74. The van der Waals surface area contributed by atoms with Gasteiger partial charge in [0.15, 0.2) is 9.84 Å². The van der Waals surface area contributed by atoms with Crippen molar-refractivity contribution in [3.05, 3.63) is 36.4 Å². The number of aliphatic hydroxyl groups excluding tert-OH is 1. The minimum atomic E-state index is -3.54. The van der Waals surface area contributed by atoms with Gasteiger partial charge in [-0.05, 0) is 12.1 Å². The molecular formula is C14H15NO4S. The van der Waals surface area contributed by atoms with Gasteiger partial charge in [-0.25, -0.2) is 8.42 Å². The lowest BCUT2D eigenvalue weighted by Crippen LogP contribution is -2.11. The molecule has 0 unspecified atom stereocenters. The molecule has 20 heavy (non-hydrogen) atoms. The van der Waals surface area contributed by atoms with Crippen molar-refractivity contribution in [2.45, 2.75) is 11.8 Å². The molecular weight excluding hydrogens is 278 g/mol. The summed E-state index contributed by atoms with van der Waals surface area (Å²) in [5.41, 5.74) is 0.566. The Hall–Kier alpha value is -1.92. The number of fused-ring (bicyclic) bond motifs is 1. The molecule has 2 rings (SSSR count). The van der Waals surface area contributed by atoms with E-state index in [9.17, 15) is 13.2 Å². The quantitative estimate of drug-likeness (QED) is 0.896.